The summed E-state index contributed by atoms with van der Waals surface area (Å²) in [6.07, 6.45) is -4.75. The fourth-order valence-corrected chi connectivity index (χ4v) is 9.34. The lowest BCUT2D eigenvalue weighted by Crippen LogP contribution is -2.50. The van der Waals surface area contributed by atoms with Crippen molar-refractivity contribution in [3.05, 3.63) is 130 Å². The number of aryl methyl sites for hydroxylation is 2. The maximum atomic E-state index is 14.5. The van der Waals surface area contributed by atoms with Crippen LogP contribution in [0.5, 0.6) is 0 Å². The smallest absolute Gasteiger partial charge is 0.269 e. The minimum Gasteiger partial charge on any atom is -0.269 e. The van der Waals surface area contributed by atoms with E-state index in [9.17, 15) is 39.6 Å². The molecule has 234 valence electrons. The van der Waals surface area contributed by atoms with Crippen molar-refractivity contribution in [3.8, 4) is 0 Å². The second-order valence-corrected chi connectivity index (χ2v) is 14.6. The van der Waals surface area contributed by atoms with Gasteiger partial charge in [-0.2, -0.15) is 13.2 Å². The van der Waals surface area contributed by atoms with Crippen molar-refractivity contribution in [2.75, 3.05) is 0 Å². The third-order valence-electron chi connectivity index (χ3n) is 7.61. The maximum Gasteiger partial charge on any atom is 0.416 e. The van der Waals surface area contributed by atoms with Gasteiger partial charge in [-0.15, -0.1) is 0 Å². The third kappa shape index (κ3) is 5.78. The summed E-state index contributed by atoms with van der Waals surface area (Å²) in [4.78, 5) is 27.0. The van der Waals surface area contributed by atoms with Crippen LogP contribution < -0.4 is 0 Å². The SMILES string of the molecule is Cc1ccc(S(=O)(=O)N([C@@H](c2ccc(C(F)(F)F)cc2)[C@@H](C)N2C(=O)c3ccccc3C2=O)S(=O)(=O)c2ccc(C)cc2)cc1. The first kappa shape index (κ1) is 32.1. The molecular formula is C32H27F3N2O6S2. The Morgan fingerprint density at radius 2 is 1.04 bits per heavy atom. The van der Waals surface area contributed by atoms with Gasteiger partial charge in [0.15, 0.2) is 0 Å². The molecule has 0 unspecified atom stereocenters. The summed E-state index contributed by atoms with van der Waals surface area (Å²) in [5.74, 6) is -1.61. The summed E-state index contributed by atoms with van der Waals surface area (Å²) < 4.78 is 98.6. The molecular weight excluding hydrogens is 629 g/mol. The van der Waals surface area contributed by atoms with E-state index >= 15 is 0 Å². The number of rotatable bonds is 8. The molecule has 1 aliphatic rings. The first-order valence-corrected chi connectivity index (χ1v) is 16.5. The molecule has 0 spiro atoms. The Hall–Kier alpha value is -4.33. The molecule has 0 saturated heterocycles. The predicted octanol–water partition coefficient (Wildman–Crippen LogP) is 6.13. The standard InChI is InChI=1S/C32H27F3N2O6S2/c1-20-8-16-25(17-9-20)44(40,41)37(45(42,43)26-18-10-21(2)11-19-26)29(23-12-14-24(15-13-23)32(33,34)35)22(3)36-30(38)27-6-4-5-7-28(27)31(36)39/h4-19,22,29H,1-3H3/t22-,29-/m1/s1. The number of nitrogens with zero attached hydrogens (tertiary/aromatic N) is 2. The molecule has 0 bridgehead atoms. The van der Waals surface area contributed by atoms with Gasteiger partial charge < -0.3 is 0 Å². The van der Waals surface area contributed by atoms with Gasteiger partial charge in [-0.1, -0.05) is 63.4 Å². The minimum absolute atomic E-state index is 0.0230. The van der Waals surface area contributed by atoms with Gasteiger partial charge in [-0.3, -0.25) is 14.5 Å². The summed E-state index contributed by atoms with van der Waals surface area (Å²) in [5.41, 5.74) is 0.150. The molecule has 0 saturated carbocycles. The van der Waals surface area contributed by atoms with Crippen LogP contribution in [0.3, 0.4) is 0 Å². The quantitative estimate of drug-likeness (QED) is 0.211. The van der Waals surface area contributed by atoms with E-state index in [2.05, 4.69) is 0 Å². The highest BCUT2D eigenvalue weighted by Gasteiger charge is 2.50. The van der Waals surface area contributed by atoms with E-state index in [0.717, 1.165) is 17.0 Å². The molecule has 0 radical (unpaired) electrons. The Balaban J connectivity index is 1.79. The van der Waals surface area contributed by atoms with E-state index in [4.69, 9.17) is 0 Å². The van der Waals surface area contributed by atoms with Gasteiger partial charge in [0.05, 0.1) is 38.6 Å². The zero-order valence-corrected chi connectivity index (χ0v) is 25.8. The van der Waals surface area contributed by atoms with Crippen molar-refractivity contribution in [2.45, 2.75) is 48.8 Å². The molecule has 45 heavy (non-hydrogen) atoms. The zero-order chi connectivity index (χ0) is 32.9. The second kappa shape index (κ2) is 11.5. The van der Waals surface area contributed by atoms with E-state index in [1.807, 2.05) is 0 Å². The molecule has 2 amide bonds. The molecule has 2 atom stereocenters. The number of sulfonamides is 2. The molecule has 5 rings (SSSR count). The first-order chi connectivity index (χ1) is 21.0. The molecule has 8 nitrogen and oxygen atoms in total. The van der Waals surface area contributed by atoms with Crippen LogP contribution in [0.2, 0.25) is 0 Å². The summed E-state index contributed by atoms with van der Waals surface area (Å²) in [6, 6.07) is 16.4. The number of benzene rings is 4. The van der Waals surface area contributed by atoms with E-state index in [1.165, 1.54) is 79.7 Å². The topological polar surface area (TPSA) is 109 Å². The highest BCUT2D eigenvalue weighted by molar-refractivity contribution is 8.04. The summed E-state index contributed by atoms with van der Waals surface area (Å²) >= 11 is 0. The van der Waals surface area contributed by atoms with Crippen LogP contribution in [-0.4, -0.2) is 43.3 Å². The molecule has 0 aliphatic carbocycles. The Morgan fingerprint density at radius 3 is 1.42 bits per heavy atom. The van der Waals surface area contributed by atoms with Gasteiger partial charge >= 0.3 is 6.18 Å². The Kier molecular flexibility index (Phi) is 8.23. The van der Waals surface area contributed by atoms with Crippen molar-refractivity contribution < 1.29 is 39.6 Å². The number of fused-ring (bicyclic) bond motifs is 1. The van der Waals surface area contributed by atoms with Crippen molar-refractivity contribution in [2.24, 2.45) is 0 Å². The fraction of sp³-hybridized carbons (Fsp3) is 0.188. The van der Waals surface area contributed by atoms with Crippen LogP contribution in [0.1, 0.15) is 55.9 Å². The second-order valence-electron chi connectivity index (χ2n) is 10.7. The van der Waals surface area contributed by atoms with E-state index in [0.29, 0.717) is 23.3 Å². The number of alkyl halides is 3. The lowest BCUT2D eigenvalue weighted by molar-refractivity contribution is -0.137. The largest absolute Gasteiger partial charge is 0.416 e. The van der Waals surface area contributed by atoms with Crippen LogP contribution in [0, 0.1) is 13.8 Å². The molecule has 0 fully saturated rings. The summed E-state index contributed by atoms with van der Waals surface area (Å²) in [5, 5.41) is 0. The summed E-state index contributed by atoms with van der Waals surface area (Å²) in [6.45, 7) is 4.69. The van der Waals surface area contributed by atoms with E-state index < -0.39 is 65.5 Å². The van der Waals surface area contributed by atoms with Gasteiger partial charge in [-0.05, 0) is 74.9 Å². The van der Waals surface area contributed by atoms with E-state index in [1.54, 1.807) is 13.8 Å². The minimum atomic E-state index is -5.02. The van der Waals surface area contributed by atoms with Crippen LogP contribution >= 0.6 is 0 Å². The van der Waals surface area contributed by atoms with E-state index in [-0.39, 0.29) is 20.4 Å². The van der Waals surface area contributed by atoms with Crippen LogP contribution in [-0.2, 0) is 26.2 Å². The third-order valence-corrected chi connectivity index (χ3v) is 11.9. The number of amides is 2. The number of halogens is 3. The van der Waals surface area contributed by atoms with Gasteiger partial charge in [0.25, 0.3) is 31.9 Å². The summed E-state index contributed by atoms with van der Waals surface area (Å²) in [7, 11) is -10.0. The molecule has 1 heterocycles. The number of carbonyl (C=O) groups is 2. The van der Waals surface area contributed by atoms with Gasteiger partial charge in [-0.25, -0.2) is 16.8 Å². The van der Waals surface area contributed by atoms with Crippen molar-refractivity contribution in [1.82, 2.24) is 8.61 Å². The normalized spacial score (nSPS) is 15.3. The number of imide groups is 1. The average molecular weight is 657 g/mol. The molecule has 4 aromatic rings. The maximum absolute atomic E-state index is 14.5. The average Bonchev–Trinajstić information content (AvgIpc) is 3.24. The van der Waals surface area contributed by atoms with Gasteiger partial charge in [0.1, 0.15) is 0 Å². The Morgan fingerprint density at radius 1 is 0.644 bits per heavy atom. The zero-order valence-electron chi connectivity index (χ0n) is 24.2. The fourth-order valence-electron chi connectivity index (χ4n) is 5.22. The van der Waals surface area contributed by atoms with Gasteiger partial charge in [0.2, 0.25) is 0 Å². The first-order valence-electron chi connectivity index (χ1n) is 13.6. The number of hydrogen-bond donors (Lipinski definition) is 0. The Bertz CT molecular complexity index is 1880. The predicted molar refractivity (Wildman–Crippen MR) is 159 cm³/mol. The highest BCUT2D eigenvalue weighted by Crippen LogP contribution is 2.41. The van der Waals surface area contributed by atoms with Crippen LogP contribution in [0.4, 0.5) is 13.2 Å². The molecule has 0 aromatic heterocycles. The van der Waals surface area contributed by atoms with Crippen LogP contribution in [0.15, 0.2) is 107 Å². The lowest BCUT2D eigenvalue weighted by atomic mass is 9.98. The van der Waals surface area contributed by atoms with Crippen molar-refractivity contribution in [3.63, 3.8) is 0 Å². The molecule has 1 aliphatic heterocycles. The highest BCUT2D eigenvalue weighted by atomic mass is 32.3. The van der Waals surface area contributed by atoms with Crippen LogP contribution in [0.25, 0.3) is 0 Å². The molecule has 4 aromatic carbocycles. The molecule has 0 N–H and O–H groups in total. The molecule has 13 heteroatoms. The lowest BCUT2D eigenvalue weighted by Gasteiger charge is -2.37. The van der Waals surface area contributed by atoms with Crippen molar-refractivity contribution >= 4 is 31.9 Å². The number of carbonyl (C=O) groups excluding carboxylic acids is 2. The van der Waals surface area contributed by atoms with Crippen molar-refractivity contribution in [1.29, 1.82) is 0 Å². The number of hydrogen-bond acceptors (Lipinski definition) is 6. The monoisotopic (exact) mass is 656 g/mol. The Labute approximate surface area is 258 Å². The van der Waals surface area contributed by atoms with Gasteiger partial charge in [0, 0.05) is 0 Å².